The second-order valence-corrected chi connectivity index (χ2v) is 6.14. The molecule has 0 saturated carbocycles. The minimum absolute atomic E-state index is 0.300. The first-order valence-corrected chi connectivity index (χ1v) is 8.17. The Labute approximate surface area is 147 Å². The first kappa shape index (κ1) is 15.0. The molecule has 2 heterocycles. The molecule has 2 aromatic heterocycles. The van der Waals surface area contributed by atoms with E-state index in [4.69, 9.17) is 11.0 Å². The van der Waals surface area contributed by atoms with Crippen molar-refractivity contribution in [2.75, 3.05) is 5.73 Å². The van der Waals surface area contributed by atoms with Gasteiger partial charge in [0.15, 0.2) is 5.65 Å². The number of para-hydroxylation sites is 2. The summed E-state index contributed by atoms with van der Waals surface area (Å²) < 4.78 is 1.72. The molecule has 0 amide bonds. The lowest BCUT2D eigenvalue weighted by molar-refractivity contribution is 1.10. The van der Waals surface area contributed by atoms with Gasteiger partial charge in [-0.25, -0.2) is 9.97 Å². The fourth-order valence-electron chi connectivity index (χ4n) is 2.75. The lowest BCUT2D eigenvalue weighted by atomic mass is 10.2. The molecule has 6 nitrogen and oxygen atoms in total. The molecule has 7 heteroatoms. The average Bonchev–Trinajstić information content (AvgIpc) is 2.91. The summed E-state index contributed by atoms with van der Waals surface area (Å²) in [7, 11) is 0. The number of rotatable bonds is 2. The van der Waals surface area contributed by atoms with Crippen molar-refractivity contribution in [3.8, 4) is 17.2 Å². The third-order valence-corrected chi connectivity index (χ3v) is 4.47. The molecule has 0 atom stereocenters. The van der Waals surface area contributed by atoms with E-state index in [2.05, 4.69) is 16.0 Å². The highest BCUT2D eigenvalue weighted by Crippen LogP contribution is 2.31. The van der Waals surface area contributed by atoms with Crippen molar-refractivity contribution < 1.29 is 0 Å². The van der Waals surface area contributed by atoms with E-state index in [0.29, 0.717) is 28.1 Å². The summed E-state index contributed by atoms with van der Waals surface area (Å²) in [6.07, 6.45) is 0. The number of benzene rings is 2. The van der Waals surface area contributed by atoms with Crippen LogP contribution in [0.25, 0.3) is 27.9 Å². The van der Waals surface area contributed by atoms with Crippen LogP contribution >= 0.6 is 11.8 Å². The number of hydrogen-bond acceptors (Lipinski definition) is 6. The van der Waals surface area contributed by atoms with Gasteiger partial charge in [-0.3, -0.25) is 4.57 Å². The summed E-state index contributed by atoms with van der Waals surface area (Å²) in [4.78, 5) is 10.1. The number of hydrogen-bond donors (Lipinski definition) is 1. The highest BCUT2D eigenvalue weighted by atomic mass is 32.2. The van der Waals surface area contributed by atoms with Crippen LogP contribution in [0.3, 0.4) is 0 Å². The number of aromatic nitrogens is 3. The van der Waals surface area contributed by atoms with Crippen molar-refractivity contribution in [2.24, 2.45) is 0 Å². The first-order chi connectivity index (χ1) is 12.2. The predicted molar refractivity (Wildman–Crippen MR) is 97.0 cm³/mol. The van der Waals surface area contributed by atoms with E-state index in [9.17, 15) is 5.26 Å². The number of thiocyanates is 1. The van der Waals surface area contributed by atoms with Crippen molar-refractivity contribution >= 4 is 39.8 Å². The second kappa shape index (κ2) is 5.82. The maximum Gasteiger partial charge on any atom is 0.167 e. The van der Waals surface area contributed by atoms with Gasteiger partial charge in [-0.15, -0.1) is 0 Å². The molecule has 0 spiro atoms. The molecule has 0 aliphatic rings. The molecule has 0 radical (unpaired) electrons. The smallest absolute Gasteiger partial charge is 0.167 e. The van der Waals surface area contributed by atoms with E-state index in [1.807, 2.05) is 53.9 Å². The summed E-state index contributed by atoms with van der Waals surface area (Å²) in [6.45, 7) is 0. The Morgan fingerprint density at radius 3 is 2.28 bits per heavy atom. The molecule has 0 saturated heterocycles. The fourth-order valence-corrected chi connectivity index (χ4v) is 3.13. The number of nitriles is 2. The number of nitrogens with two attached hydrogens (primary N) is 1. The average molecular weight is 342 g/mol. The van der Waals surface area contributed by atoms with Crippen molar-refractivity contribution in [2.45, 2.75) is 4.90 Å². The SMILES string of the molecule is N#CSc1ccc(-n2c(N)c(C#N)c3nc4ccccc4nc32)cc1. The minimum Gasteiger partial charge on any atom is -0.384 e. The summed E-state index contributed by atoms with van der Waals surface area (Å²) >= 11 is 1.08. The van der Waals surface area contributed by atoms with Crippen molar-refractivity contribution in [3.05, 3.63) is 54.1 Å². The quantitative estimate of drug-likeness (QED) is 0.441. The van der Waals surface area contributed by atoms with Crippen LogP contribution in [0.5, 0.6) is 0 Å². The van der Waals surface area contributed by atoms with Crippen LogP contribution in [0.4, 0.5) is 5.82 Å². The van der Waals surface area contributed by atoms with Crippen LogP contribution in [0.1, 0.15) is 5.56 Å². The van der Waals surface area contributed by atoms with E-state index < -0.39 is 0 Å². The van der Waals surface area contributed by atoms with Gasteiger partial charge in [0.25, 0.3) is 0 Å². The molecule has 0 bridgehead atoms. The van der Waals surface area contributed by atoms with Crippen LogP contribution < -0.4 is 5.73 Å². The topological polar surface area (TPSA) is 104 Å². The van der Waals surface area contributed by atoms with Crippen molar-refractivity contribution in [1.82, 2.24) is 14.5 Å². The van der Waals surface area contributed by atoms with Crippen LogP contribution in [-0.2, 0) is 0 Å². The lowest BCUT2D eigenvalue weighted by Crippen LogP contribution is -2.01. The highest BCUT2D eigenvalue weighted by molar-refractivity contribution is 8.03. The summed E-state index contributed by atoms with van der Waals surface area (Å²) in [5, 5.41) is 20.3. The maximum absolute atomic E-state index is 9.51. The van der Waals surface area contributed by atoms with Gasteiger partial charge in [-0.1, -0.05) is 12.1 Å². The maximum atomic E-state index is 9.51. The van der Waals surface area contributed by atoms with Crippen LogP contribution in [0, 0.1) is 22.0 Å². The summed E-state index contributed by atoms with van der Waals surface area (Å²) in [5.41, 5.74) is 9.75. The Kier molecular flexibility index (Phi) is 3.50. The van der Waals surface area contributed by atoms with Crippen LogP contribution in [0.2, 0.25) is 0 Å². The van der Waals surface area contributed by atoms with E-state index in [1.54, 1.807) is 4.57 Å². The molecule has 0 unspecified atom stereocenters. The molecule has 0 fully saturated rings. The normalized spacial score (nSPS) is 10.6. The molecule has 118 valence electrons. The second-order valence-electron chi connectivity index (χ2n) is 5.28. The molecular formula is C18H10N6S. The Morgan fingerprint density at radius 2 is 1.64 bits per heavy atom. The van der Waals surface area contributed by atoms with Gasteiger partial charge in [0.05, 0.1) is 11.0 Å². The van der Waals surface area contributed by atoms with E-state index in [0.717, 1.165) is 27.9 Å². The number of nitrogens with zero attached hydrogens (tertiary/aromatic N) is 5. The number of thioether (sulfide) groups is 1. The van der Waals surface area contributed by atoms with Gasteiger partial charge in [0.2, 0.25) is 0 Å². The largest absolute Gasteiger partial charge is 0.384 e. The highest BCUT2D eigenvalue weighted by Gasteiger charge is 2.19. The number of nitrogen functional groups attached to an aromatic ring is 1. The van der Waals surface area contributed by atoms with E-state index >= 15 is 0 Å². The Morgan fingerprint density at radius 1 is 0.960 bits per heavy atom. The van der Waals surface area contributed by atoms with Gasteiger partial charge < -0.3 is 5.73 Å². The van der Waals surface area contributed by atoms with Gasteiger partial charge in [-0.2, -0.15) is 10.5 Å². The molecule has 4 aromatic rings. The Hall–Kier alpha value is -3.55. The standard InChI is InChI=1S/C18H10N6S/c19-9-13-16-18(23-15-4-2-1-3-14(15)22-16)24(17(13)21)11-5-7-12(8-6-11)25-10-20/h1-8H,21H2. The van der Waals surface area contributed by atoms with Gasteiger partial charge in [0.1, 0.15) is 28.4 Å². The van der Waals surface area contributed by atoms with Gasteiger partial charge >= 0.3 is 0 Å². The summed E-state index contributed by atoms with van der Waals surface area (Å²) in [5.74, 6) is 0.300. The van der Waals surface area contributed by atoms with Crippen molar-refractivity contribution in [1.29, 1.82) is 10.5 Å². The summed E-state index contributed by atoms with van der Waals surface area (Å²) in [6, 6.07) is 17.0. The fraction of sp³-hybridized carbons (Fsp3) is 0. The molecule has 0 aliphatic carbocycles. The molecule has 2 aromatic carbocycles. The zero-order valence-electron chi connectivity index (χ0n) is 12.8. The van der Waals surface area contributed by atoms with Crippen molar-refractivity contribution in [3.63, 3.8) is 0 Å². The Balaban J connectivity index is 2.03. The third-order valence-electron chi connectivity index (χ3n) is 3.87. The molecular weight excluding hydrogens is 332 g/mol. The third kappa shape index (κ3) is 2.35. The van der Waals surface area contributed by atoms with Crippen LogP contribution in [0.15, 0.2) is 53.4 Å². The number of anilines is 1. The lowest BCUT2D eigenvalue weighted by Gasteiger charge is -2.08. The zero-order valence-corrected chi connectivity index (χ0v) is 13.7. The zero-order chi connectivity index (χ0) is 17.4. The van der Waals surface area contributed by atoms with Crippen LogP contribution in [-0.4, -0.2) is 14.5 Å². The van der Waals surface area contributed by atoms with E-state index in [1.165, 1.54) is 0 Å². The number of fused-ring (bicyclic) bond motifs is 2. The van der Waals surface area contributed by atoms with Gasteiger partial charge in [0, 0.05) is 10.6 Å². The minimum atomic E-state index is 0.300. The first-order valence-electron chi connectivity index (χ1n) is 7.36. The molecule has 0 aliphatic heterocycles. The monoisotopic (exact) mass is 342 g/mol. The molecule has 4 rings (SSSR count). The molecule has 2 N–H and O–H groups in total. The van der Waals surface area contributed by atoms with E-state index in [-0.39, 0.29) is 0 Å². The Bertz CT molecular complexity index is 1190. The predicted octanol–water partition coefficient (Wildman–Crippen LogP) is 3.60. The molecule has 25 heavy (non-hydrogen) atoms. The van der Waals surface area contributed by atoms with Gasteiger partial charge in [-0.05, 0) is 48.2 Å².